The molecule has 280 valence electrons. The van der Waals surface area contributed by atoms with Gasteiger partial charge in [-0.25, -0.2) is 4.21 Å². The summed E-state index contributed by atoms with van der Waals surface area (Å²) in [6.45, 7) is 14.1. The Morgan fingerprint density at radius 1 is 1.02 bits per heavy atom. The van der Waals surface area contributed by atoms with Crippen molar-refractivity contribution in [1.82, 2.24) is 9.62 Å². The molecule has 1 unspecified atom stereocenters. The molecule has 5 aliphatic rings. The van der Waals surface area contributed by atoms with Gasteiger partial charge in [0, 0.05) is 40.3 Å². The molecule has 7 rings (SSSR count). The first-order valence-corrected chi connectivity index (χ1v) is 21.6. The zero-order valence-electron chi connectivity index (χ0n) is 31.0. The van der Waals surface area contributed by atoms with Crippen LogP contribution >= 0.6 is 11.6 Å². The van der Waals surface area contributed by atoms with Crippen molar-refractivity contribution in [3.8, 4) is 5.75 Å². The van der Waals surface area contributed by atoms with Crippen molar-refractivity contribution in [1.29, 1.82) is 0 Å². The quantitative estimate of drug-likeness (QED) is 0.335. The van der Waals surface area contributed by atoms with Crippen molar-refractivity contribution < 1.29 is 23.2 Å². The summed E-state index contributed by atoms with van der Waals surface area (Å²) in [6, 6.07) is 12.3. The van der Waals surface area contributed by atoms with Crippen molar-refractivity contribution in [3.05, 3.63) is 58.1 Å². The van der Waals surface area contributed by atoms with Crippen LogP contribution in [0.2, 0.25) is 5.02 Å². The number of hydrogen-bond acceptors (Lipinski definition) is 7. The lowest BCUT2D eigenvalue weighted by molar-refractivity contribution is -0.243. The molecule has 8 nitrogen and oxygen atoms in total. The number of hydrogen-bond donors (Lipinski definition) is 1. The molecule has 7 atom stereocenters. The Labute approximate surface area is 311 Å². The van der Waals surface area contributed by atoms with Crippen LogP contribution < -0.4 is 14.4 Å². The minimum atomic E-state index is -2.91. The lowest BCUT2D eigenvalue weighted by Gasteiger charge is -2.49. The lowest BCUT2D eigenvalue weighted by atomic mass is 9.64. The number of anilines is 1. The first kappa shape index (κ1) is 37.0. The second-order valence-electron chi connectivity index (χ2n) is 16.1. The van der Waals surface area contributed by atoms with Crippen LogP contribution in [0, 0.1) is 23.7 Å². The molecule has 1 saturated carbocycles. The molecule has 0 aromatic heterocycles. The molecule has 51 heavy (non-hydrogen) atoms. The molecule has 10 heteroatoms. The fourth-order valence-electron chi connectivity index (χ4n) is 9.78. The molecule has 3 heterocycles. The fraction of sp³-hybridized carbons (Fsp3) is 0.659. The molecule has 3 aliphatic heterocycles. The van der Waals surface area contributed by atoms with Crippen LogP contribution in [-0.2, 0) is 31.0 Å². The second-order valence-corrected chi connectivity index (χ2v) is 19.0. The molecular weight excluding hydrogens is 682 g/mol. The van der Waals surface area contributed by atoms with Gasteiger partial charge in [0.1, 0.15) is 5.75 Å². The van der Waals surface area contributed by atoms with Crippen molar-refractivity contribution in [2.24, 2.45) is 23.7 Å². The van der Waals surface area contributed by atoms with Crippen LogP contribution in [0.25, 0.3) is 0 Å². The van der Waals surface area contributed by atoms with Gasteiger partial charge in [0.15, 0.2) is 6.29 Å². The van der Waals surface area contributed by atoms with E-state index < -0.39 is 9.71 Å². The summed E-state index contributed by atoms with van der Waals surface area (Å²) in [5, 5.41) is 0.496. The van der Waals surface area contributed by atoms with Gasteiger partial charge in [-0.15, -0.1) is 0 Å². The summed E-state index contributed by atoms with van der Waals surface area (Å²) in [4.78, 5) is 18.7. The number of amides is 1. The molecule has 2 bridgehead atoms. The van der Waals surface area contributed by atoms with Gasteiger partial charge in [0.2, 0.25) is 0 Å². The Balaban J connectivity index is 1.25. The van der Waals surface area contributed by atoms with Crippen LogP contribution in [0.3, 0.4) is 0 Å². The zero-order chi connectivity index (χ0) is 35.9. The number of rotatable bonds is 4. The molecule has 2 aromatic carbocycles. The topological polar surface area (TPSA) is 80.3 Å². The Morgan fingerprint density at radius 2 is 1.80 bits per heavy atom. The molecule has 2 aromatic rings. The number of nitrogens with zero attached hydrogens (tertiary/aromatic N) is 2. The molecular formula is C41H58ClN3O5S. The Kier molecular flexibility index (Phi) is 11.0. The predicted molar refractivity (Wildman–Crippen MR) is 208 cm³/mol. The smallest absolute Gasteiger partial charge is 0.262 e. The Hall–Kier alpha value is -2.30. The van der Waals surface area contributed by atoms with Gasteiger partial charge in [0.25, 0.3) is 5.91 Å². The van der Waals surface area contributed by atoms with E-state index in [2.05, 4.69) is 53.3 Å². The van der Waals surface area contributed by atoms with Crippen molar-refractivity contribution in [3.63, 3.8) is 0 Å². The molecule has 1 amide bonds. The van der Waals surface area contributed by atoms with Gasteiger partial charge < -0.3 is 19.1 Å². The summed E-state index contributed by atoms with van der Waals surface area (Å²) >= 11 is 6.50. The molecule has 1 saturated heterocycles. The van der Waals surface area contributed by atoms with E-state index in [0.29, 0.717) is 37.2 Å². The van der Waals surface area contributed by atoms with Gasteiger partial charge in [-0.2, -0.15) is 0 Å². The summed E-state index contributed by atoms with van der Waals surface area (Å²) < 4.78 is 36.8. The van der Waals surface area contributed by atoms with Crippen LogP contribution in [0.5, 0.6) is 5.75 Å². The number of carbonyl (C=O) groups excluding carboxylic acids is 1. The molecule has 2 fully saturated rings. The molecule has 0 radical (unpaired) electrons. The monoisotopic (exact) mass is 739 g/mol. The Morgan fingerprint density at radius 3 is 2.53 bits per heavy atom. The number of likely N-dealkylation sites (N-methyl/N-ethyl adjacent to an activating group) is 1. The van der Waals surface area contributed by atoms with Crippen LogP contribution in [0.4, 0.5) is 5.69 Å². The first-order valence-electron chi connectivity index (χ1n) is 19.5. The van der Waals surface area contributed by atoms with E-state index in [-0.39, 0.29) is 40.7 Å². The van der Waals surface area contributed by atoms with Crippen LogP contribution in [0.1, 0.15) is 94.1 Å². The van der Waals surface area contributed by atoms with Gasteiger partial charge in [-0.1, -0.05) is 44.9 Å². The zero-order valence-corrected chi connectivity index (χ0v) is 32.6. The number of ether oxygens (including phenoxy) is 3. The van der Waals surface area contributed by atoms with E-state index in [1.807, 2.05) is 25.1 Å². The maximum Gasteiger partial charge on any atom is 0.262 e. The number of halogens is 1. The molecule has 1 N–H and O–H groups in total. The highest BCUT2D eigenvalue weighted by atomic mass is 35.5. The standard InChI is InChI=1S/C41H58ClN3O5S/c1-6-44(7-2)33-23-48-40(49-24-33)35-12-8-10-27(3)28(4)51(5,47)43-39(46)30-14-18-38-37(21-30)45(22-31-13-16-34(31)35)25-41(26-50-38)19-9-11-29-20-32(42)15-17-36(29)41/h14-15,17-18,20-21,27-28,31,33-35,40H,5-13,16,19,22-26H2,1-4H3,(H,43,46,47)/t27-,28+,31-,33?,34+,35+,40?,41-,51?/m0/s1. The van der Waals surface area contributed by atoms with E-state index >= 15 is 0 Å². The summed E-state index contributed by atoms with van der Waals surface area (Å²) in [6.07, 6.45) is 8.07. The van der Waals surface area contributed by atoms with Crippen LogP contribution in [-0.4, -0.2) is 84.5 Å². The molecule has 1 spiro atoms. The highest BCUT2D eigenvalue weighted by Gasteiger charge is 2.47. The molecule has 2 aliphatic carbocycles. The minimum absolute atomic E-state index is 0.127. The highest BCUT2D eigenvalue weighted by molar-refractivity contribution is 7.99. The van der Waals surface area contributed by atoms with E-state index in [1.54, 1.807) is 6.07 Å². The van der Waals surface area contributed by atoms with Gasteiger partial charge in [-0.05, 0) is 130 Å². The fourth-order valence-corrected chi connectivity index (χ4v) is 11.5. The SMILES string of the molecule is C=S1(=O)NC(=O)c2ccc3c(c2)N(C[C@@H]2CC[C@H]2[C@H](C2OCC(N(CC)CC)CO2)CCC[C@H](C)[C@H]1C)C[C@@]1(CCCc2cc(Cl)ccc21)CO3. The third kappa shape index (κ3) is 7.44. The summed E-state index contributed by atoms with van der Waals surface area (Å²) in [5.74, 6) is 5.84. The largest absolute Gasteiger partial charge is 0.490 e. The lowest BCUT2D eigenvalue weighted by Crippen LogP contribution is -2.53. The Bertz CT molecular complexity index is 1670. The van der Waals surface area contributed by atoms with Gasteiger partial charge >= 0.3 is 0 Å². The highest BCUT2D eigenvalue weighted by Crippen LogP contribution is 2.49. The van der Waals surface area contributed by atoms with Crippen molar-refractivity contribution in [2.75, 3.05) is 50.9 Å². The maximum atomic E-state index is 14.0. The predicted octanol–water partition coefficient (Wildman–Crippen LogP) is 7.11. The van der Waals surface area contributed by atoms with Gasteiger partial charge in [-0.3, -0.25) is 14.4 Å². The van der Waals surface area contributed by atoms with Crippen molar-refractivity contribution in [2.45, 2.75) is 102 Å². The van der Waals surface area contributed by atoms with E-state index in [0.717, 1.165) is 94.0 Å². The van der Waals surface area contributed by atoms with Gasteiger partial charge in [0.05, 0.1) is 41.3 Å². The van der Waals surface area contributed by atoms with E-state index in [1.165, 1.54) is 11.1 Å². The first-order chi connectivity index (χ1) is 24.5. The third-order valence-corrected chi connectivity index (χ3v) is 15.7. The normalized spacial score (nSPS) is 35.9. The summed E-state index contributed by atoms with van der Waals surface area (Å²) in [7, 11) is -2.91. The number of fused-ring (bicyclic) bond motifs is 4. The number of nitrogens with one attached hydrogen (secondary N) is 1. The average Bonchev–Trinajstić information content (AvgIpc) is 3.26. The van der Waals surface area contributed by atoms with E-state index in [9.17, 15) is 9.00 Å². The second kappa shape index (κ2) is 15.2. The van der Waals surface area contributed by atoms with Crippen molar-refractivity contribution >= 4 is 38.8 Å². The maximum absolute atomic E-state index is 14.0. The minimum Gasteiger partial charge on any atom is -0.490 e. The third-order valence-electron chi connectivity index (χ3n) is 13.2. The van der Waals surface area contributed by atoms with E-state index in [4.69, 9.17) is 25.8 Å². The van der Waals surface area contributed by atoms with Crippen LogP contribution in [0.15, 0.2) is 36.4 Å². The average molecular weight is 740 g/mol. The number of benzene rings is 2. The number of aryl methyl sites for hydroxylation is 1. The summed E-state index contributed by atoms with van der Waals surface area (Å²) in [5.41, 5.74) is 3.83. The number of carbonyl (C=O) groups is 1.